The van der Waals surface area contributed by atoms with E-state index in [4.69, 9.17) is 4.74 Å². The summed E-state index contributed by atoms with van der Waals surface area (Å²) < 4.78 is 5.17. The summed E-state index contributed by atoms with van der Waals surface area (Å²) in [4.78, 5) is 40.8. The molecule has 2 heterocycles. The second-order valence-electron chi connectivity index (χ2n) is 7.00. The van der Waals surface area contributed by atoms with E-state index in [-0.39, 0.29) is 24.0 Å². The maximum Gasteiger partial charge on any atom is 0.355 e. The van der Waals surface area contributed by atoms with Crippen LogP contribution >= 0.6 is 0 Å². The fourth-order valence-electron chi connectivity index (χ4n) is 3.64. The largest absolute Gasteiger partial charge is 0.451 e. The first kappa shape index (κ1) is 18.2. The highest BCUT2D eigenvalue weighted by Gasteiger charge is 2.27. The van der Waals surface area contributed by atoms with Crippen molar-refractivity contribution in [3.05, 3.63) is 22.5 Å². The van der Waals surface area contributed by atoms with E-state index >= 15 is 0 Å². The van der Waals surface area contributed by atoms with Gasteiger partial charge in [-0.3, -0.25) is 9.59 Å². The standard InChI is InChI=1S/C18H26N2O4/c1-10-6-11(2)8-20(7-10)15(22)9-24-18(23)17-12(3)16(14(5)21)13(4)19-17/h10-11,19H,6-9H2,1-5H3. The first-order valence-corrected chi connectivity index (χ1v) is 8.35. The summed E-state index contributed by atoms with van der Waals surface area (Å²) >= 11 is 0. The second-order valence-corrected chi connectivity index (χ2v) is 7.00. The summed E-state index contributed by atoms with van der Waals surface area (Å²) in [5.74, 6) is 0.0383. The number of nitrogens with zero attached hydrogens (tertiary/aromatic N) is 1. The molecule has 0 saturated carbocycles. The molecule has 24 heavy (non-hydrogen) atoms. The van der Waals surface area contributed by atoms with Gasteiger partial charge in [0.2, 0.25) is 0 Å². The van der Waals surface area contributed by atoms with Gasteiger partial charge in [0.25, 0.3) is 5.91 Å². The zero-order chi connectivity index (χ0) is 18.0. The van der Waals surface area contributed by atoms with Gasteiger partial charge >= 0.3 is 5.97 Å². The first-order chi connectivity index (χ1) is 11.2. The number of piperidine rings is 1. The number of ketones is 1. The Hall–Kier alpha value is -2.11. The van der Waals surface area contributed by atoms with Gasteiger partial charge in [-0.05, 0) is 44.6 Å². The molecule has 1 aromatic rings. The Bertz CT molecular complexity index is 652. The van der Waals surface area contributed by atoms with Gasteiger partial charge in [0.05, 0.1) is 0 Å². The van der Waals surface area contributed by atoms with Crippen LogP contribution < -0.4 is 0 Å². The number of carbonyl (C=O) groups is 3. The Balaban J connectivity index is 1.99. The SMILES string of the molecule is CC(=O)c1c(C)[nH]c(C(=O)OCC(=O)N2CC(C)CC(C)C2)c1C. The fraction of sp³-hybridized carbons (Fsp3) is 0.611. The minimum atomic E-state index is -0.602. The van der Waals surface area contributed by atoms with Gasteiger partial charge in [-0.25, -0.2) is 4.79 Å². The number of hydrogen-bond donors (Lipinski definition) is 1. The molecule has 0 aromatic carbocycles. The number of nitrogens with one attached hydrogen (secondary N) is 1. The van der Waals surface area contributed by atoms with Crippen LogP contribution in [-0.2, 0) is 9.53 Å². The van der Waals surface area contributed by atoms with Crippen molar-refractivity contribution >= 4 is 17.7 Å². The van der Waals surface area contributed by atoms with Gasteiger partial charge in [0.1, 0.15) is 5.69 Å². The van der Waals surface area contributed by atoms with E-state index in [0.717, 1.165) is 6.42 Å². The van der Waals surface area contributed by atoms with E-state index in [0.29, 0.717) is 41.7 Å². The number of likely N-dealkylation sites (tertiary alicyclic amines) is 1. The van der Waals surface area contributed by atoms with Crippen molar-refractivity contribution in [1.29, 1.82) is 0 Å². The third kappa shape index (κ3) is 3.86. The van der Waals surface area contributed by atoms with Crippen LogP contribution in [0.5, 0.6) is 0 Å². The van der Waals surface area contributed by atoms with Crippen molar-refractivity contribution in [2.75, 3.05) is 19.7 Å². The molecule has 0 bridgehead atoms. The number of amides is 1. The maximum atomic E-state index is 12.3. The zero-order valence-corrected chi connectivity index (χ0v) is 15.1. The molecular formula is C18H26N2O4. The molecule has 2 unspecified atom stereocenters. The van der Waals surface area contributed by atoms with Crippen LogP contribution in [0, 0.1) is 25.7 Å². The van der Waals surface area contributed by atoms with Crippen LogP contribution in [0.15, 0.2) is 0 Å². The number of ether oxygens (including phenoxy) is 1. The van der Waals surface area contributed by atoms with Crippen molar-refractivity contribution in [3.63, 3.8) is 0 Å². The van der Waals surface area contributed by atoms with Crippen LogP contribution in [0.2, 0.25) is 0 Å². The molecule has 1 aliphatic heterocycles. The molecule has 6 nitrogen and oxygen atoms in total. The number of hydrogen-bond acceptors (Lipinski definition) is 4. The molecule has 2 rings (SSSR count). The van der Waals surface area contributed by atoms with Crippen LogP contribution in [0.3, 0.4) is 0 Å². The van der Waals surface area contributed by atoms with Crippen molar-refractivity contribution in [2.45, 2.75) is 41.0 Å². The number of aromatic amines is 1. The smallest absolute Gasteiger partial charge is 0.355 e. The van der Waals surface area contributed by atoms with Gasteiger partial charge in [-0.2, -0.15) is 0 Å². The Morgan fingerprint density at radius 1 is 1.17 bits per heavy atom. The fourth-order valence-corrected chi connectivity index (χ4v) is 3.64. The van der Waals surface area contributed by atoms with Crippen LogP contribution in [0.4, 0.5) is 0 Å². The lowest BCUT2D eigenvalue weighted by atomic mass is 9.92. The van der Waals surface area contributed by atoms with Crippen LogP contribution in [0.25, 0.3) is 0 Å². The third-order valence-corrected chi connectivity index (χ3v) is 4.54. The van der Waals surface area contributed by atoms with Gasteiger partial charge in [0, 0.05) is 24.3 Å². The summed E-state index contributed by atoms with van der Waals surface area (Å²) in [5, 5.41) is 0. The minimum absolute atomic E-state index is 0.104. The van der Waals surface area contributed by atoms with Crippen molar-refractivity contribution < 1.29 is 19.1 Å². The molecule has 132 valence electrons. The average molecular weight is 334 g/mol. The molecule has 1 amide bonds. The molecule has 1 aliphatic rings. The van der Waals surface area contributed by atoms with E-state index in [2.05, 4.69) is 18.8 Å². The minimum Gasteiger partial charge on any atom is -0.451 e. The van der Waals surface area contributed by atoms with E-state index in [1.807, 2.05) is 0 Å². The molecular weight excluding hydrogens is 308 g/mol. The molecule has 1 fully saturated rings. The van der Waals surface area contributed by atoms with E-state index in [9.17, 15) is 14.4 Å². The van der Waals surface area contributed by atoms with Gasteiger partial charge < -0.3 is 14.6 Å². The maximum absolute atomic E-state index is 12.3. The molecule has 1 N–H and O–H groups in total. The van der Waals surface area contributed by atoms with Crippen molar-refractivity contribution in [2.24, 2.45) is 11.8 Å². The summed E-state index contributed by atoms with van der Waals surface area (Å²) in [7, 11) is 0. The van der Waals surface area contributed by atoms with Crippen LogP contribution in [-0.4, -0.2) is 47.2 Å². The van der Waals surface area contributed by atoms with Gasteiger partial charge in [-0.15, -0.1) is 0 Å². The molecule has 0 spiro atoms. The number of carbonyl (C=O) groups excluding carboxylic acids is 3. The van der Waals surface area contributed by atoms with Crippen LogP contribution in [0.1, 0.15) is 59.3 Å². The van der Waals surface area contributed by atoms with Crippen molar-refractivity contribution in [1.82, 2.24) is 9.88 Å². The number of Topliss-reactive ketones (excluding diaryl/α,β-unsaturated/α-hetero) is 1. The second kappa shape index (κ2) is 7.20. The molecule has 2 atom stereocenters. The van der Waals surface area contributed by atoms with Crippen molar-refractivity contribution in [3.8, 4) is 0 Å². The predicted molar refractivity (Wildman–Crippen MR) is 90.1 cm³/mol. The lowest BCUT2D eigenvalue weighted by Gasteiger charge is -2.34. The molecule has 0 aliphatic carbocycles. The quantitative estimate of drug-likeness (QED) is 0.678. The Labute approximate surface area is 142 Å². The number of aryl methyl sites for hydroxylation is 1. The van der Waals surface area contributed by atoms with Gasteiger partial charge in [-0.1, -0.05) is 13.8 Å². The summed E-state index contributed by atoms with van der Waals surface area (Å²) in [6.07, 6.45) is 1.11. The van der Waals surface area contributed by atoms with Gasteiger partial charge in [0.15, 0.2) is 12.4 Å². The number of H-pyrrole nitrogens is 1. The Kier molecular flexibility index (Phi) is 5.47. The van der Waals surface area contributed by atoms with E-state index in [1.165, 1.54) is 6.92 Å². The van der Waals surface area contributed by atoms with E-state index in [1.54, 1.807) is 18.7 Å². The Morgan fingerprint density at radius 2 is 1.75 bits per heavy atom. The topological polar surface area (TPSA) is 79.5 Å². The number of aromatic nitrogens is 1. The molecule has 1 saturated heterocycles. The normalized spacial score (nSPS) is 20.8. The summed E-state index contributed by atoms with van der Waals surface area (Å²) in [6.45, 7) is 10.3. The zero-order valence-electron chi connectivity index (χ0n) is 15.1. The van der Waals surface area contributed by atoms with E-state index < -0.39 is 5.97 Å². The third-order valence-electron chi connectivity index (χ3n) is 4.54. The Morgan fingerprint density at radius 3 is 2.25 bits per heavy atom. The predicted octanol–water partition coefficient (Wildman–Crippen LogP) is 2.50. The highest BCUT2D eigenvalue weighted by Crippen LogP contribution is 2.22. The average Bonchev–Trinajstić information content (AvgIpc) is 2.78. The lowest BCUT2D eigenvalue weighted by molar-refractivity contribution is -0.137. The summed E-state index contributed by atoms with van der Waals surface area (Å²) in [5.41, 5.74) is 1.95. The molecule has 6 heteroatoms. The number of esters is 1. The number of rotatable bonds is 4. The highest BCUT2D eigenvalue weighted by molar-refractivity contribution is 6.01. The molecule has 1 aromatic heterocycles. The monoisotopic (exact) mass is 334 g/mol. The first-order valence-electron chi connectivity index (χ1n) is 8.35. The molecule has 0 radical (unpaired) electrons. The summed E-state index contributed by atoms with van der Waals surface area (Å²) in [6, 6.07) is 0. The lowest BCUT2D eigenvalue weighted by Crippen LogP contribution is -2.44. The highest BCUT2D eigenvalue weighted by atomic mass is 16.5.